The quantitative estimate of drug-likeness (QED) is 0.837. The highest BCUT2D eigenvalue weighted by molar-refractivity contribution is 5.77. The number of benzene rings is 1. The Bertz CT molecular complexity index is 677. The van der Waals surface area contributed by atoms with Crippen molar-refractivity contribution in [3.63, 3.8) is 0 Å². The maximum Gasteiger partial charge on any atom is 0.257 e. The number of carbonyl (C=O) groups is 1. The Labute approximate surface area is 142 Å². The molecule has 1 radical (unpaired) electrons. The van der Waals surface area contributed by atoms with Crippen LogP contribution in [0.2, 0.25) is 0 Å². The van der Waals surface area contributed by atoms with Gasteiger partial charge in [-0.1, -0.05) is 0 Å². The van der Waals surface area contributed by atoms with Crippen LogP contribution >= 0.6 is 0 Å². The molecule has 2 aromatic rings. The number of aromatic nitrogens is 2. The summed E-state index contributed by atoms with van der Waals surface area (Å²) in [7, 11) is 1.88. The van der Waals surface area contributed by atoms with Gasteiger partial charge in [-0.2, -0.15) is 5.10 Å². The van der Waals surface area contributed by atoms with Crippen molar-refractivity contribution in [3.05, 3.63) is 36.7 Å². The highest BCUT2D eigenvalue weighted by atomic mass is 16.5. The van der Waals surface area contributed by atoms with Crippen LogP contribution in [-0.2, 0) is 11.8 Å². The molecule has 1 aliphatic rings. The van der Waals surface area contributed by atoms with Gasteiger partial charge in [-0.25, -0.2) is 0 Å². The molecular formula is C18H23N4O2. The second kappa shape index (κ2) is 7.97. The van der Waals surface area contributed by atoms with Gasteiger partial charge in [0.2, 0.25) is 0 Å². The van der Waals surface area contributed by atoms with Gasteiger partial charge in [0.25, 0.3) is 5.91 Å². The molecule has 0 aliphatic carbocycles. The molecule has 24 heavy (non-hydrogen) atoms. The normalized spacial score (nSPS) is 14.7. The fraction of sp³-hybridized carbons (Fsp3) is 0.444. The Hall–Kier alpha value is -2.34. The molecule has 6 nitrogen and oxygen atoms in total. The molecule has 1 amide bonds. The number of rotatable bonds is 7. The lowest BCUT2D eigenvalue weighted by molar-refractivity contribution is -0.123. The van der Waals surface area contributed by atoms with Crippen LogP contribution in [0, 0.1) is 6.07 Å². The zero-order valence-electron chi connectivity index (χ0n) is 14.0. The van der Waals surface area contributed by atoms with Gasteiger partial charge in [-0.15, -0.1) is 0 Å². The number of amides is 1. The van der Waals surface area contributed by atoms with Crippen molar-refractivity contribution in [1.29, 1.82) is 0 Å². The SMILES string of the molecule is Cn1cc(-c2c[c]cc(OCC(=O)NCCN3CCCC3)c2)cn1. The first-order valence-corrected chi connectivity index (χ1v) is 8.33. The lowest BCUT2D eigenvalue weighted by Gasteiger charge is -2.14. The molecule has 0 saturated carbocycles. The van der Waals surface area contributed by atoms with E-state index in [-0.39, 0.29) is 12.5 Å². The Morgan fingerprint density at radius 2 is 2.17 bits per heavy atom. The van der Waals surface area contributed by atoms with Crippen LogP contribution in [-0.4, -0.2) is 53.4 Å². The number of nitrogens with one attached hydrogen (secondary N) is 1. The van der Waals surface area contributed by atoms with Crippen molar-refractivity contribution in [3.8, 4) is 16.9 Å². The van der Waals surface area contributed by atoms with Crippen LogP contribution in [0.4, 0.5) is 0 Å². The fourth-order valence-corrected chi connectivity index (χ4v) is 2.83. The van der Waals surface area contributed by atoms with E-state index in [9.17, 15) is 4.79 Å². The summed E-state index contributed by atoms with van der Waals surface area (Å²) in [5.74, 6) is 0.534. The smallest absolute Gasteiger partial charge is 0.257 e. The molecule has 127 valence electrons. The fourth-order valence-electron chi connectivity index (χ4n) is 2.83. The number of hydrogen-bond acceptors (Lipinski definition) is 4. The predicted molar refractivity (Wildman–Crippen MR) is 91.7 cm³/mol. The van der Waals surface area contributed by atoms with Crippen LogP contribution in [0.15, 0.2) is 30.6 Å². The zero-order valence-corrected chi connectivity index (χ0v) is 14.0. The van der Waals surface area contributed by atoms with Crippen LogP contribution in [0.5, 0.6) is 5.75 Å². The van der Waals surface area contributed by atoms with E-state index in [0.29, 0.717) is 12.3 Å². The van der Waals surface area contributed by atoms with Crippen LogP contribution in [0.3, 0.4) is 0 Å². The maximum atomic E-state index is 11.9. The molecule has 0 atom stereocenters. The first-order chi connectivity index (χ1) is 11.7. The molecule has 3 rings (SSSR count). The third-order valence-corrected chi connectivity index (χ3v) is 4.12. The number of hydrogen-bond donors (Lipinski definition) is 1. The second-order valence-electron chi connectivity index (χ2n) is 6.05. The Kier molecular flexibility index (Phi) is 5.48. The van der Waals surface area contributed by atoms with Gasteiger partial charge >= 0.3 is 0 Å². The van der Waals surface area contributed by atoms with Crippen LogP contribution < -0.4 is 10.1 Å². The molecule has 1 aromatic heterocycles. The number of aryl methyl sites for hydroxylation is 1. The van der Waals surface area contributed by atoms with Crippen molar-refractivity contribution in [2.45, 2.75) is 12.8 Å². The van der Waals surface area contributed by atoms with Gasteiger partial charge in [0.15, 0.2) is 6.61 Å². The van der Waals surface area contributed by atoms with E-state index in [2.05, 4.69) is 21.4 Å². The minimum Gasteiger partial charge on any atom is -0.484 e. The van der Waals surface area contributed by atoms with Crippen molar-refractivity contribution in [2.24, 2.45) is 7.05 Å². The molecule has 1 aromatic carbocycles. The Balaban J connectivity index is 1.44. The monoisotopic (exact) mass is 327 g/mol. The van der Waals surface area contributed by atoms with E-state index in [4.69, 9.17) is 4.74 Å². The van der Waals surface area contributed by atoms with E-state index in [0.717, 1.165) is 30.8 Å². The highest BCUT2D eigenvalue weighted by Crippen LogP contribution is 2.22. The summed E-state index contributed by atoms with van der Waals surface area (Å²) < 4.78 is 7.32. The van der Waals surface area contributed by atoms with E-state index in [1.807, 2.05) is 25.4 Å². The molecule has 0 bridgehead atoms. The minimum absolute atomic E-state index is 0.0182. The van der Waals surface area contributed by atoms with Crippen LogP contribution in [0.1, 0.15) is 12.8 Å². The van der Waals surface area contributed by atoms with Crippen molar-refractivity contribution < 1.29 is 9.53 Å². The molecule has 6 heteroatoms. The van der Waals surface area contributed by atoms with Crippen molar-refractivity contribution in [2.75, 3.05) is 32.8 Å². The van der Waals surface area contributed by atoms with Crippen molar-refractivity contribution >= 4 is 5.91 Å². The van der Waals surface area contributed by atoms with E-state index >= 15 is 0 Å². The molecule has 0 unspecified atom stereocenters. The lowest BCUT2D eigenvalue weighted by Crippen LogP contribution is -2.35. The number of carbonyl (C=O) groups excluding carboxylic acids is 1. The van der Waals surface area contributed by atoms with Gasteiger partial charge < -0.3 is 15.0 Å². The topological polar surface area (TPSA) is 59.4 Å². The van der Waals surface area contributed by atoms with Gasteiger partial charge in [0, 0.05) is 31.9 Å². The van der Waals surface area contributed by atoms with Gasteiger partial charge in [-0.3, -0.25) is 9.48 Å². The average molecular weight is 327 g/mol. The van der Waals surface area contributed by atoms with Crippen LogP contribution in [0.25, 0.3) is 11.1 Å². The van der Waals surface area contributed by atoms with E-state index in [1.165, 1.54) is 12.8 Å². The molecular weight excluding hydrogens is 304 g/mol. The maximum absolute atomic E-state index is 11.9. The summed E-state index contributed by atoms with van der Waals surface area (Å²) in [5, 5.41) is 7.06. The largest absolute Gasteiger partial charge is 0.484 e. The summed E-state index contributed by atoms with van der Waals surface area (Å²) in [6.07, 6.45) is 6.25. The predicted octanol–water partition coefficient (Wildman–Crippen LogP) is 1.48. The summed E-state index contributed by atoms with van der Waals surface area (Å²) in [6, 6.07) is 8.54. The summed E-state index contributed by atoms with van der Waals surface area (Å²) in [4.78, 5) is 14.2. The summed E-state index contributed by atoms with van der Waals surface area (Å²) >= 11 is 0. The lowest BCUT2D eigenvalue weighted by atomic mass is 10.1. The van der Waals surface area contributed by atoms with Gasteiger partial charge in [0.05, 0.1) is 6.20 Å². The van der Waals surface area contributed by atoms with Gasteiger partial charge in [0.1, 0.15) is 5.75 Å². The summed E-state index contributed by atoms with van der Waals surface area (Å²) in [6.45, 7) is 3.89. The molecule has 2 heterocycles. The third kappa shape index (κ3) is 4.58. The van der Waals surface area contributed by atoms with E-state index in [1.54, 1.807) is 16.9 Å². The van der Waals surface area contributed by atoms with Gasteiger partial charge in [-0.05, 0) is 55.8 Å². The Morgan fingerprint density at radius 1 is 1.33 bits per heavy atom. The number of nitrogens with zero attached hydrogens (tertiary/aromatic N) is 3. The van der Waals surface area contributed by atoms with Crippen molar-refractivity contribution in [1.82, 2.24) is 20.0 Å². The molecule has 1 fully saturated rings. The molecule has 0 spiro atoms. The molecule has 1 N–H and O–H groups in total. The molecule has 1 saturated heterocycles. The first-order valence-electron chi connectivity index (χ1n) is 8.33. The third-order valence-electron chi connectivity index (χ3n) is 4.12. The highest BCUT2D eigenvalue weighted by Gasteiger charge is 2.11. The second-order valence-corrected chi connectivity index (χ2v) is 6.05. The first kappa shape index (κ1) is 16.5. The Morgan fingerprint density at radius 3 is 2.92 bits per heavy atom. The average Bonchev–Trinajstić information content (AvgIpc) is 3.25. The summed E-state index contributed by atoms with van der Waals surface area (Å²) in [5.41, 5.74) is 1.96. The molecule has 1 aliphatic heterocycles. The number of likely N-dealkylation sites (tertiary alicyclic amines) is 1. The minimum atomic E-state index is -0.0963. The number of ether oxygens (including phenoxy) is 1. The zero-order chi connectivity index (χ0) is 16.8. The van der Waals surface area contributed by atoms with E-state index < -0.39 is 0 Å². The standard InChI is InChI=1S/C18H23N4O2/c1-21-13-16(12-20-21)15-5-4-6-17(11-15)24-14-18(23)19-7-10-22-8-2-3-9-22/h5-6,11-13H,2-3,7-10,14H2,1H3,(H,19,23).